The topological polar surface area (TPSA) is 117 Å². The maximum absolute atomic E-state index is 13.9. The third-order valence-electron chi connectivity index (χ3n) is 7.50. The molecule has 13 heteroatoms. The number of fused-ring (bicyclic) bond motifs is 1. The second kappa shape index (κ2) is 12.3. The third-order valence-corrected chi connectivity index (χ3v) is 7.50. The number of aliphatic carboxylic acids is 1. The number of nitrogens with one attached hydrogen (secondary N) is 2. The number of benzene rings is 3. The summed E-state index contributed by atoms with van der Waals surface area (Å²) in [4.78, 5) is 40.5. The molecule has 1 atom stereocenters. The van der Waals surface area contributed by atoms with Crippen LogP contribution in [0.4, 0.5) is 34.6 Å². The molecule has 1 unspecified atom stereocenters. The predicted octanol–water partition coefficient (Wildman–Crippen LogP) is 6.42. The standard InChI is InChI=1S/C31H29F4N5O4/c1-18(30(43)44)22-16-20(32)10-11-23(22)36-28(41)19-9-12-26(39-13-5-2-6-14-39)24(15-19)37-29(42)27-21-7-3-4-8-25(21)40(38-27)17-31(33,34)35/h3-4,7-12,15-16,18H,2,5-6,13-14,17H2,1H3,(H,36,41)(H,37,42)(H,43,44). The molecule has 1 aromatic heterocycles. The van der Waals surface area contributed by atoms with Gasteiger partial charge in [-0.1, -0.05) is 18.2 Å². The van der Waals surface area contributed by atoms with Crippen molar-refractivity contribution in [3.05, 3.63) is 83.3 Å². The van der Waals surface area contributed by atoms with Gasteiger partial charge in [0.1, 0.15) is 12.4 Å². The average molecular weight is 612 g/mol. The number of carbonyl (C=O) groups is 3. The Balaban J connectivity index is 1.49. The number of piperidine rings is 1. The molecule has 5 rings (SSSR count). The zero-order chi connectivity index (χ0) is 31.6. The lowest BCUT2D eigenvalue weighted by molar-refractivity contribution is -0.142. The van der Waals surface area contributed by atoms with Gasteiger partial charge >= 0.3 is 12.1 Å². The van der Waals surface area contributed by atoms with Gasteiger partial charge in [-0.15, -0.1) is 0 Å². The predicted molar refractivity (Wildman–Crippen MR) is 157 cm³/mol. The van der Waals surface area contributed by atoms with Crippen LogP contribution in [0.1, 0.15) is 58.5 Å². The maximum atomic E-state index is 13.9. The van der Waals surface area contributed by atoms with Crippen molar-refractivity contribution < 1.29 is 37.1 Å². The number of hydrogen-bond donors (Lipinski definition) is 3. The highest BCUT2D eigenvalue weighted by Crippen LogP contribution is 2.32. The monoisotopic (exact) mass is 611 g/mol. The highest BCUT2D eigenvalue weighted by Gasteiger charge is 2.31. The first-order chi connectivity index (χ1) is 20.9. The Bertz CT molecular complexity index is 1730. The Morgan fingerprint density at radius 1 is 0.932 bits per heavy atom. The van der Waals surface area contributed by atoms with Crippen molar-refractivity contribution in [3.8, 4) is 0 Å². The zero-order valence-electron chi connectivity index (χ0n) is 23.6. The largest absolute Gasteiger partial charge is 0.481 e. The van der Waals surface area contributed by atoms with Crippen LogP contribution < -0.4 is 15.5 Å². The summed E-state index contributed by atoms with van der Waals surface area (Å²) in [5.41, 5.74) is 1.09. The number of amides is 2. The lowest BCUT2D eigenvalue weighted by Crippen LogP contribution is -2.30. The van der Waals surface area contributed by atoms with Crippen LogP contribution in [0.25, 0.3) is 10.9 Å². The van der Waals surface area contributed by atoms with Crippen LogP contribution in [0.5, 0.6) is 0 Å². The minimum absolute atomic E-state index is 0.0747. The van der Waals surface area contributed by atoms with Gasteiger partial charge in [-0.05, 0) is 74.2 Å². The summed E-state index contributed by atoms with van der Waals surface area (Å²) in [6.45, 7) is 1.39. The van der Waals surface area contributed by atoms with E-state index in [1.165, 1.54) is 31.2 Å². The van der Waals surface area contributed by atoms with Crippen molar-refractivity contribution >= 4 is 45.7 Å². The van der Waals surface area contributed by atoms with E-state index in [0.717, 1.165) is 36.1 Å². The molecule has 1 aliphatic heterocycles. The molecule has 3 N–H and O–H groups in total. The third kappa shape index (κ3) is 6.66. The van der Waals surface area contributed by atoms with E-state index in [9.17, 15) is 37.1 Å². The van der Waals surface area contributed by atoms with Gasteiger partial charge in [0.25, 0.3) is 11.8 Å². The first-order valence-corrected chi connectivity index (χ1v) is 14.0. The SMILES string of the molecule is CC(C(=O)O)c1cc(F)ccc1NC(=O)c1ccc(N2CCCCC2)c(NC(=O)c2nn(CC(F)(F)F)c3ccccc23)c1. The van der Waals surface area contributed by atoms with Gasteiger partial charge in [0.15, 0.2) is 5.69 Å². The second-order valence-corrected chi connectivity index (χ2v) is 10.6. The van der Waals surface area contributed by atoms with E-state index < -0.39 is 42.2 Å². The fraction of sp³-hybridized carbons (Fsp3) is 0.290. The Kier molecular flexibility index (Phi) is 8.56. The highest BCUT2D eigenvalue weighted by molar-refractivity contribution is 6.13. The molecule has 230 valence electrons. The quantitative estimate of drug-likeness (QED) is 0.198. The number of rotatable bonds is 8. The first-order valence-electron chi connectivity index (χ1n) is 14.0. The average Bonchev–Trinajstić information content (AvgIpc) is 3.35. The fourth-order valence-electron chi connectivity index (χ4n) is 5.29. The van der Waals surface area contributed by atoms with Gasteiger partial charge in [-0.25, -0.2) is 4.39 Å². The number of alkyl halides is 3. The minimum atomic E-state index is -4.56. The van der Waals surface area contributed by atoms with E-state index in [1.54, 1.807) is 24.3 Å². The van der Waals surface area contributed by atoms with Gasteiger partial charge in [0, 0.05) is 29.7 Å². The molecule has 3 aromatic carbocycles. The molecule has 1 aliphatic rings. The molecule has 0 saturated carbocycles. The molecule has 1 saturated heterocycles. The highest BCUT2D eigenvalue weighted by atomic mass is 19.4. The fourth-order valence-corrected chi connectivity index (χ4v) is 5.29. The van der Waals surface area contributed by atoms with Gasteiger partial charge < -0.3 is 20.6 Å². The molecule has 2 amide bonds. The van der Waals surface area contributed by atoms with Crippen LogP contribution in [-0.2, 0) is 11.3 Å². The maximum Gasteiger partial charge on any atom is 0.408 e. The number of carbonyl (C=O) groups excluding carboxylic acids is 2. The molecule has 0 bridgehead atoms. The van der Waals surface area contributed by atoms with Gasteiger partial charge in [0.05, 0.1) is 22.8 Å². The Labute approximate surface area is 249 Å². The lowest BCUT2D eigenvalue weighted by Gasteiger charge is -2.30. The summed E-state index contributed by atoms with van der Waals surface area (Å²) in [5, 5.41) is 19.1. The summed E-state index contributed by atoms with van der Waals surface area (Å²) < 4.78 is 54.4. The molecule has 44 heavy (non-hydrogen) atoms. The summed E-state index contributed by atoms with van der Waals surface area (Å²) >= 11 is 0. The number of hydrogen-bond acceptors (Lipinski definition) is 5. The van der Waals surface area contributed by atoms with Crippen LogP contribution in [0, 0.1) is 5.82 Å². The smallest absolute Gasteiger partial charge is 0.408 e. The minimum Gasteiger partial charge on any atom is -0.481 e. The van der Waals surface area contributed by atoms with E-state index in [-0.39, 0.29) is 39.1 Å². The molecule has 2 heterocycles. The molecular weight excluding hydrogens is 582 g/mol. The van der Waals surface area contributed by atoms with Gasteiger partial charge in [-0.2, -0.15) is 18.3 Å². The van der Waals surface area contributed by atoms with Crippen LogP contribution in [0.3, 0.4) is 0 Å². The molecule has 9 nitrogen and oxygen atoms in total. The van der Waals surface area contributed by atoms with Crippen molar-refractivity contribution in [1.82, 2.24) is 9.78 Å². The van der Waals surface area contributed by atoms with E-state index in [2.05, 4.69) is 15.7 Å². The summed E-state index contributed by atoms with van der Waals surface area (Å²) in [6.07, 6.45) is -1.69. The zero-order valence-corrected chi connectivity index (χ0v) is 23.6. The van der Waals surface area contributed by atoms with Crippen LogP contribution in [0.2, 0.25) is 0 Å². The van der Waals surface area contributed by atoms with Crippen molar-refractivity contribution in [1.29, 1.82) is 0 Å². The number of nitrogens with zero attached hydrogens (tertiary/aromatic N) is 3. The lowest BCUT2D eigenvalue weighted by atomic mass is 9.99. The normalized spacial score (nSPS) is 14.3. The Hall–Kier alpha value is -4.94. The van der Waals surface area contributed by atoms with Crippen LogP contribution in [-0.4, -0.2) is 51.9 Å². The van der Waals surface area contributed by atoms with Crippen molar-refractivity contribution in [2.24, 2.45) is 0 Å². The van der Waals surface area contributed by atoms with Crippen molar-refractivity contribution in [2.45, 2.75) is 44.8 Å². The van der Waals surface area contributed by atoms with Crippen LogP contribution in [0.15, 0.2) is 60.7 Å². The first kappa shape index (κ1) is 30.5. The Morgan fingerprint density at radius 2 is 1.64 bits per heavy atom. The number of anilines is 3. The van der Waals surface area contributed by atoms with E-state index in [1.807, 2.05) is 4.90 Å². The molecule has 0 aliphatic carbocycles. The number of aromatic nitrogens is 2. The van der Waals surface area contributed by atoms with Gasteiger partial charge in [0.2, 0.25) is 0 Å². The van der Waals surface area contributed by atoms with Gasteiger partial charge in [-0.3, -0.25) is 19.1 Å². The number of carboxylic acids is 1. The molecule has 0 spiro atoms. The second-order valence-electron chi connectivity index (χ2n) is 10.6. The summed E-state index contributed by atoms with van der Waals surface area (Å²) in [7, 11) is 0. The molecule has 4 aromatic rings. The molecule has 0 radical (unpaired) electrons. The van der Waals surface area contributed by atoms with Crippen molar-refractivity contribution in [3.63, 3.8) is 0 Å². The molecular formula is C31H29F4N5O4. The summed E-state index contributed by atoms with van der Waals surface area (Å²) in [5.74, 6) is -4.37. The number of halogens is 4. The summed E-state index contributed by atoms with van der Waals surface area (Å²) in [6, 6.07) is 14.2. The molecule has 1 fully saturated rings. The van der Waals surface area contributed by atoms with E-state index in [4.69, 9.17) is 0 Å². The van der Waals surface area contributed by atoms with E-state index >= 15 is 0 Å². The Morgan fingerprint density at radius 3 is 2.34 bits per heavy atom. The number of para-hydroxylation sites is 1. The van der Waals surface area contributed by atoms with Crippen molar-refractivity contribution in [2.75, 3.05) is 28.6 Å². The van der Waals surface area contributed by atoms with Crippen LogP contribution >= 0.6 is 0 Å². The number of carboxylic acid groups (broad SMARTS) is 1. The van der Waals surface area contributed by atoms with E-state index in [0.29, 0.717) is 18.8 Å².